The van der Waals surface area contributed by atoms with E-state index >= 15 is 0 Å². The summed E-state index contributed by atoms with van der Waals surface area (Å²) in [6.45, 7) is 0. The van der Waals surface area contributed by atoms with Gasteiger partial charge >= 0.3 is 11.6 Å². The van der Waals surface area contributed by atoms with Crippen molar-refractivity contribution in [2.24, 2.45) is 5.41 Å². The summed E-state index contributed by atoms with van der Waals surface area (Å²) in [4.78, 5) is 45.0. The van der Waals surface area contributed by atoms with Crippen LogP contribution in [0.2, 0.25) is 0 Å². The fourth-order valence-electron chi connectivity index (χ4n) is 5.17. The second-order valence-electron chi connectivity index (χ2n) is 7.95. The summed E-state index contributed by atoms with van der Waals surface area (Å²) in [5, 5.41) is 2.61. The molecule has 4 heterocycles. The molecule has 0 N–H and O–H groups in total. The lowest BCUT2D eigenvalue weighted by molar-refractivity contribution is -0.154. The molecule has 0 spiro atoms. The molecule has 3 aromatic rings. The van der Waals surface area contributed by atoms with E-state index in [1.54, 1.807) is 34.7 Å². The largest absolute Gasteiger partial charge is 0.469 e. The number of fused-ring (bicyclic) bond motifs is 3. The maximum absolute atomic E-state index is 13.5. The van der Waals surface area contributed by atoms with Gasteiger partial charge in [0.2, 0.25) is 0 Å². The number of thiazole rings is 1. The monoisotopic (exact) mass is 424 g/mol. The van der Waals surface area contributed by atoms with Crippen molar-refractivity contribution in [1.29, 1.82) is 0 Å². The molecule has 154 valence electrons. The van der Waals surface area contributed by atoms with Crippen LogP contribution < -0.4 is 5.63 Å². The van der Waals surface area contributed by atoms with E-state index in [0.29, 0.717) is 30.2 Å². The molecule has 1 amide bonds. The van der Waals surface area contributed by atoms with Crippen LogP contribution in [-0.4, -0.2) is 41.0 Å². The predicted molar refractivity (Wildman–Crippen MR) is 110 cm³/mol. The number of hydrogen-bond acceptors (Lipinski definition) is 7. The van der Waals surface area contributed by atoms with Crippen LogP contribution in [0.25, 0.3) is 11.0 Å². The van der Waals surface area contributed by atoms with Crippen LogP contribution in [-0.2, 0) is 16.0 Å². The molecule has 2 fully saturated rings. The highest BCUT2D eigenvalue weighted by Crippen LogP contribution is 2.52. The number of amides is 1. The molecule has 1 aromatic carbocycles. The van der Waals surface area contributed by atoms with E-state index in [-0.39, 0.29) is 29.5 Å². The Balaban J connectivity index is 1.54. The molecule has 3 atom stereocenters. The van der Waals surface area contributed by atoms with Gasteiger partial charge in [-0.15, -0.1) is 11.3 Å². The number of carbonyl (C=O) groups excluding carboxylic acids is 2. The van der Waals surface area contributed by atoms with Gasteiger partial charge in [0.1, 0.15) is 11.1 Å². The summed E-state index contributed by atoms with van der Waals surface area (Å²) in [5.74, 6) is -0.711. The second kappa shape index (κ2) is 7.05. The first-order valence-electron chi connectivity index (χ1n) is 9.84. The molecule has 0 unspecified atom stereocenters. The first-order valence-corrected chi connectivity index (χ1v) is 10.8. The minimum atomic E-state index is -0.849. The van der Waals surface area contributed by atoms with Crippen LogP contribution in [0.15, 0.2) is 50.4 Å². The van der Waals surface area contributed by atoms with Gasteiger partial charge < -0.3 is 14.1 Å². The van der Waals surface area contributed by atoms with E-state index < -0.39 is 11.0 Å². The number of carbonyl (C=O) groups is 2. The molecule has 30 heavy (non-hydrogen) atoms. The highest BCUT2D eigenvalue weighted by molar-refractivity contribution is 7.07. The fraction of sp³-hybridized carbons (Fsp3) is 0.364. The Morgan fingerprint density at radius 1 is 1.33 bits per heavy atom. The van der Waals surface area contributed by atoms with E-state index in [1.807, 2.05) is 11.4 Å². The van der Waals surface area contributed by atoms with Gasteiger partial charge in [0.05, 0.1) is 23.7 Å². The summed E-state index contributed by atoms with van der Waals surface area (Å²) < 4.78 is 10.5. The van der Waals surface area contributed by atoms with E-state index in [9.17, 15) is 14.4 Å². The number of esters is 1. The van der Waals surface area contributed by atoms with Gasteiger partial charge in [0.15, 0.2) is 0 Å². The lowest BCUT2D eigenvalue weighted by atomic mass is 9.71. The van der Waals surface area contributed by atoms with Gasteiger partial charge in [-0.3, -0.25) is 9.59 Å². The average molecular weight is 424 g/mol. The van der Waals surface area contributed by atoms with Crippen LogP contribution >= 0.6 is 11.3 Å². The van der Waals surface area contributed by atoms with Crippen LogP contribution in [0.3, 0.4) is 0 Å². The Kier molecular flexibility index (Phi) is 4.47. The van der Waals surface area contributed by atoms with Gasteiger partial charge in [0.25, 0.3) is 5.91 Å². The Hall–Kier alpha value is -3.00. The maximum atomic E-state index is 13.5. The molecule has 0 aliphatic carbocycles. The number of methoxy groups -OCH3 is 1. The molecular weight excluding hydrogens is 404 g/mol. The summed E-state index contributed by atoms with van der Waals surface area (Å²) in [7, 11) is 1.38. The van der Waals surface area contributed by atoms with E-state index in [1.165, 1.54) is 18.4 Å². The number of nitrogens with zero attached hydrogens (tertiary/aromatic N) is 2. The van der Waals surface area contributed by atoms with Crippen molar-refractivity contribution in [2.45, 2.75) is 37.8 Å². The normalized spacial score (nSPS) is 25.0. The van der Waals surface area contributed by atoms with Gasteiger partial charge in [0, 0.05) is 29.3 Å². The van der Waals surface area contributed by atoms with E-state index in [2.05, 4.69) is 4.98 Å². The third-order valence-electron chi connectivity index (χ3n) is 6.42. The SMILES string of the molecule is COC(=O)[C@@]1(Cc2cscn2)C[C@H]2CC[C@@H]1N2C(=O)c1cc2ccccc2oc1=O. The zero-order chi connectivity index (χ0) is 20.9. The van der Waals surface area contributed by atoms with Crippen LogP contribution in [0.5, 0.6) is 0 Å². The summed E-state index contributed by atoms with van der Waals surface area (Å²) in [5.41, 5.74) is 1.48. The highest BCUT2D eigenvalue weighted by atomic mass is 32.1. The number of para-hydroxylation sites is 1. The number of aromatic nitrogens is 1. The Labute approximate surface area is 176 Å². The Bertz CT molecular complexity index is 1190. The van der Waals surface area contributed by atoms with Crippen LogP contribution in [0, 0.1) is 5.41 Å². The fourth-order valence-corrected chi connectivity index (χ4v) is 5.73. The first kappa shape index (κ1) is 19.0. The molecule has 0 radical (unpaired) electrons. The molecular formula is C22H20N2O5S. The van der Waals surface area contributed by atoms with Crippen molar-refractivity contribution in [3.63, 3.8) is 0 Å². The number of rotatable bonds is 4. The average Bonchev–Trinajstić information content (AvgIpc) is 3.48. The molecule has 2 bridgehead atoms. The highest BCUT2D eigenvalue weighted by Gasteiger charge is 2.62. The van der Waals surface area contributed by atoms with Crippen molar-refractivity contribution in [2.75, 3.05) is 7.11 Å². The Morgan fingerprint density at radius 2 is 2.17 bits per heavy atom. The molecule has 2 aliphatic heterocycles. The second-order valence-corrected chi connectivity index (χ2v) is 8.67. The first-order chi connectivity index (χ1) is 14.5. The molecule has 2 saturated heterocycles. The third-order valence-corrected chi connectivity index (χ3v) is 7.05. The minimum Gasteiger partial charge on any atom is -0.469 e. The summed E-state index contributed by atoms with van der Waals surface area (Å²) >= 11 is 1.47. The zero-order valence-corrected chi connectivity index (χ0v) is 17.2. The quantitative estimate of drug-likeness (QED) is 0.472. The van der Waals surface area contributed by atoms with Gasteiger partial charge in [-0.05, 0) is 31.4 Å². The van der Waals surface area contributed by atoms with E-state index in [4.69, 9.17) is 9.15 Å². The van der Waals surface area contributed by atoms with Gasteiger partial charge in [-0.2, -0.15) is 0 Å². The molecule has 0 saturated carbocycles. The standard InChI is InChI=1S/C22H20N2O5S/c1-28-21(27)22(9-14-11-30-12-23-14)10-15-6-7-18(22)24(15)19(25)16-8-13-4-2-3-5-17(13)29-20(16)26/h2-5,8,11-12,15,18H,6-7,9-10H2,1H3/t15-,18+,22+/m1/s1. The summed E-state index contributed by atoms with van der Waals surface area (Å²) in [6, 6.07) is 8.22. The smallest absolute Gasteiger partial charge is 0.349 e. The number of ether oxygens (including phenoxy) is 1. The van der Waals surface area contributed by atoms with Crippen molar-refractivity contribution >= 4 is 34.2 Å². The third kappa shape index (κ3) is 2.78. The number of hydrogen-bond donors (Lipinski definition) is 0. The van der Waals surface area contributed by atoms with Crippen molar-refractivity contribution < 1.29 is 18.7 Å². The lowest BCUT2D eigenvalue weighted by Gasteiger charge is -2.34. The van der Waals surface area contributed by atoms with Gasteiger partial charge in [-0.1, -0.05) is 18.2 Å². The van der Waals surface area contributed by atoms with Crippen molar-refractivity contribution in [1.82, 2.24) is 9.88 Å². The van der Waals surface area contributed by atoms with Crippen molar-refractivity contribution in [3.05, 3.63) is 62.9 Å². The van der Waals surface area contributed by atoms with Gasteiger partial charge in [-0.25, -0.2) is 9.78 Å². The Morgan fingerprint density at radius 3 is 2.93 bits per heavy atom. The molecule has 7 nitrogen and oxygen atoms in total. The van der Waals surface area contributed by atoms with Crippen LogP contribution in [0.1, 0.15) is 35.3 Å². The topological polar surface area (TPSA) is 89.7 Å². The molecule has 2 aromatic heterocycles. The summed E-state index contributed by atoms with van der Waals surface area (Å²) in [6.07, 6.45) is 2.41. The van der Waals surface area contributed by atoms with Crippen molar-refractivity contribution in [3.8, 4) is 0 Å². The number of benzene rings is 1. The van der Waals surface area contributed by atoms with Crippen LogP contribution in [0.4, 0.5) is 0 Å². The molecule has 8 heteroatoms. The zero-order valence-electron chi connectivity index (χ0n) is 16.4. The van der Waals surface area contributed by atoms with E-state index in [0.717, 1.165) is 12.1 Å². The molecule has 2 aliphatic rings. The predicted octanol–water partition coefficient (Wildman–Crippen LogP) is 3.03. The molecule has 5 rings (SSSR count). The maximum Gasteiger partial charge on any atom is 0.349 e. The lowest BCUT2D eigenvalue weighted by Crippen LogP contribution is -2.47. The minimum absolute atomic E-state index is 0.0000702.